The normalized spacial score (nSPS) is 20.9. The summed E-state index contributed by atoms with van der Waals surface area (Å²) in [5.41, 5.74) is 1.84. The highest BCUT2D eigenvalue weighted by Crippen LogP contribution is 2.39. The summed E-state index contributed by atoms with van der Waals surface area (Å²) in [6.45, 7) is 3.19. The molecule has 142 valence electrons. The number of likely N-dealkylation sites (tertiary alicyclic amines) is 1. The first-order chi connectivity index (χ1) is 13.0. The number of benzene rings is 1. The molecule has 2 aliphatic heterocycles. The second-order valence-electron chi connectivity index (χ2n) is 6.91. The van der Waals surface area contributed by atoms with E-state index < -0.39 is 11.9 Å². The van der Waals surface area contributed by atoms with Crippen LogP contribution >= 0.6 is 0 Å². The van der Waals surface area contributed by atoms with Crippen LogP contribution in [0.3, 0.4) is 0 Å². The van der Waals surface area contributed by atoms with Gasteiger partial charge >= 0.3 is 5.97 Å². The largest absolute Gasteiger partial charge is 0.481 e. The molecule has 1 amide bonds. The van der Waals surface area contributed by atoms with E-state index in [-0.39, 0.29) is 25.2 Å². The number of nitrogens with zero attached hydrogens (tertiary/aromatic N) is 3. The van der Waals surface area contributed by atoms with Crippen molar-refractivity contribution in [3.63, 3.8) is 0 Å². The maximum Gasteiger partial charge on any atom is 0.308 e. The second-order valence-corrected chi connectivity index (χ2v) is 6.91. The lowest BCUT2D eigenvalue weighted by molar-refractivity contribution is -0.141. The van der Waals surface area contributed by atoms with Crippen molar-refractivity contribution in [1.82, 2.24) is 14.7 Å². The van der Waals surface area contributed by atoms with E-state index >= 15 is 0 Å². The molecule has 2 atom stereocenters. The summed E-state index contributed by atoms with van der Waals surface area (Å²) < 4.78 is 12.5. The Morgan fingerprint density at radius 1 is 1.22 bits per heavy atom. The fourth-order valence-electron chi connectivity index (χ4n) is 3.73. The van der Waals surface area contributed by atoms with Gasteiger partial charge in [-0.1, -0.05) is 6.07 Å². The quantitative estimate of drug-likeness (QED) is 0.859. The number of rotatable bonds is 5. The summed E-state index contributed by atoms with van der Waals surface area (Å²) in [5, 5.41) is 13.8. The van der Waals surface area contributed by atoms with Gasteiger partial charge in [0.25, 0.3) is 0 Å². The van der Waals surface area contributed by atoms with E-state index in [1.54, 1.807) is 21.8 Å². The lowest BCUT2D eigenvalue weighted by atomic mass is 9.89. The number of ether oxygens (including phenoxy) is 2. The molecule has 0 bridgehead atoms. The van der Waals surface area contributed by atoms with E-state index in [9.17, 15) is 14.7 Å². The monoisotopic (exact) mass is 371 g/mol. The lowest BCUT2D eigenvalue weighted by Crippen LogP contribution is -2.30. The Balaban J connectivity index is 1.47. The van der Waals surface area contributed by atoms with Gasteiger partial charge in [0.1, 0.15) is 0 Å². The van der Waals surface area contributed by atoms with Crippen LogP contribution in [-0.4, -0.2) is 51.5 Å². The maximum atomic E-state index is 12.6. The van der Waals surface area contributed by atoms with E-state index in [1.807, 2.05) is 25.1 Å². The molecule has 0 spiro atoms. The molecule has 3 heterocycles. The Morgan fingerprint density at radius 3 is 2.78 bits per heavy atom. The molecule has 2 aliphatic rings. The molecule has 1 N–H and O–H groups in total. The minimum absolute atomic E-state index is 0.0561. The van der Waals surface area contributed by atoms with E-state index in [2.05, 4.69) is 5.10 Å². The van der Waals surface area contributed by atoms with E-state index in [1.165, 1.54) is 0 Å². The summed E-state index contributed by atoms with van der Waals surface area (Å²) in [7, 11) is 0. The number of aromatic nitrogens is 2. The molecule has 4 rings (SSSR count). The van der Waals surface area contributed by atoms with Crippen molar-refractivity contribution in [2.75, 3.05) is 19.9 Å². The Hall–Kier alpha value is -3.03. The number of hydrogen-bond acceptors (Lipinski definition) is 5. The topological polar surface area (TPSA) is 93.9 Å². The zero-order valence-corrected chi connectivity index (χ0v) is 15.0. The summed E-state index contributed by atoms with van der Waals surface area (Å²) >= 11 is 0. The van der Waals surface area contributed by atoms with Crippen molar-refractivity contribution >= 4 is 11.9 Å². The molecule has 1 saturated heterocycles. The number of fused-ring (bicyclic) bond motifs is 1. The van der Waals surface area contributed by atoms with Crippen LogP contribution in [0.1, 0.15) is 23.6 Å². The van der Waals surface area contributed by atoms with Gasteiger partial charge < -0.3 is 19.5 Å². The molecule has 1 fully saturated rings. The fraction of sp³-hybridized carbons (Fsp3) is 0.421. The molecule has 27 heavy (non-hydrogen) atoms. The van der Waals surface area contributed by atoms with Crippen molar-refractivity contribution < 1.29 is 24.2 Å². The highest BCUT2D eigenvalue weighted by atomic mass is 16.7. The Kier molecular flexibility index (Phi) is 4.47. The van der Waals surface area contributed by atoms with Gasteiger partial charge in [0, 0.05) is 43.9 Å². The number of hydrogen-bond donors (Lipinski definition) is 1. The lowest BCUT2D eigenvalue weighted by Gasteiger charge is -2.17. The van der Waals surface area contributed by atoms with Gasteiger partial charge in [0.15, 0.2) is 11.5 Å². The molecule has 8 nitrogen and oxygen atoms in total. The first-order valence-electron chi connectivity index (χ1n) is 8.91. The van der Waals surface area contributed by atoms with Crippen LogP contribution in [0.5, 0.6) is 11.5 Å². The molecular formula is C19H21N3O5. The number of carbonyl (C=O) groups excluding carboxylic acids is 1. The van der Waals surface area contributed by atoms with Crippen molar-refractivity contribution in [2.45, 2.75) is 25.8 Å². The first kappa shape index (κ1) is 17.4. The molecule has 1 aromatic heterocycles. The highest BCUT2D eigenvalue weighted by Gasteiger charge is 2.40. The number of aliphatic carboxylic acids is 1. The van der Waals surface area contributed by atoms with Crippen molar-refractivity contribution in [3.05, 3.63) is 41.7 Å². The Labute approximate surface area is 156 Å². The van der Waals surface area contributed by atoms with Gasteiger partial charge in [-0.25, -0.2) is 0 Å². The third-order valence-corrected chi connectivity index (χ3v) is 5.28. The smallest absolute Gasteiger partial charge is 0.308 e. The second kappa shape index (κ2) is 6.94. The molecular weight excluding hydrogens is 350 g/mol. The van der Waals surface area contributed by atoms with Crippen LogP contribution in [0.25, 0.3) is 0 Å². The van der Waals surface area contributed by atoms with Crippen LogP contribution < -0.4 is 9.47 Å². The minimum atomic E-state index is -0.893. The zero-order chi connectivity index (χ0) is 19.0. The average molecular weight is 371 g/mol. The van der Waals surface area contributed by atoms with Crippen LogP contribution in [0.2, 0.25) is 0 Å². The SMILES string of the molecule is Cc1ccnn1CCC(=O)N1C[C@@H](C(=O)O)[C@H](c2ccc3c(c2)OCO3)C1. The van der Waals surface area contributed by atoms with Crippen LogP contribution in [-0.2, 0) is 16.1 Å². The van der Waals surface area contributed by atoms with Gasteiger partial charge in [-0.2, -0.15) is 5.10 Å². The van der Waals surface area contributed by atoms with Gasteiger partial charge in [-0.05, 0) is 30.7 Å². The number of amides is 1. The van der Waals surface area contributed by atoms with Crippen LogP contribution in [0.15, 0.2) is 30.5 Å². The summed E-state index contributed by atoms with van der Waals surface area (Å²) in [6, 6.07) is 7.36. The Morgan fingerprint density at radius 2 is 2.04 bits per heavy atom. The van der Waals surface area contributed by atoms with Crippen LogP contribution in [0.4, 0.5) is 0 Å². The Bertz CT molecular complexity index is 878. The summed E-state index contributed by atoms with van der Waals surface area (Å²) in [5.74, 6) is -0.579. The average Bonchev–Trinajstić information content (AvgIpc) is 3.38. The standard InChI is InChI=1S/C19H21N3O5/c1-12-4-6-20-22(12)7-5-18(23)21-9-14(15(10-21)19(24)25)13-2-3-16-17(8-13)27-11-26-16/h2-4,6,8,14-15H,5,7,9-11H2,1H3,(H,24,25)/t14-,15+/m0/s1. The van der Waals surface area contributed by atoms with Crippen LogP contribution in [0, 0.1) is 12.8 Å². The van der Waals surface area contributed by atoms with Crippen molar-refractivity contribution in [1.29, 1.82) is 0 Å². The minimum Gasteiger partial charge on any atom is -0.481 e. The summed E-state index contributed by atoms with van der Waals surface area (Å²) in [4.78, 5) is 26.0. The third kappa shape index (κ3) is 3.34. The van der Waals surface area contributed by atoms with Gasteiger partial charge in [-0.3, -0.25) is 14.3 Å². The number of carboxylic acid groups (broad SMARTS) is 1. The first-order valence-corrected chi connectivity index (χ1v) is 8.91. The molecule has 1 aromatic carbocycles. The van der Waals surface area contributed by atoms with E-state index in [4.69, 9.17) is 9.47 Å². The predicted molar refractivity (Wildman–Crippen MR) is 94.6 cm³/mol. The van der Waals surface area contributed by atoms with Gasteiger partial charge in [-0.15, -0.1) is 0 Å². The van der Waals surface area contributed by atoms with E-state index in [0.717, 1.165) is 11.3 Å². The van der Waals surface area contributed by atoms with E-state index in [0.29, 0.717) is 31.0 Å². The summed E-state index contributed by atoms with van der Waals surface area (Å²) in [6.07, 6.45) is 1.99. The number of carboxylic acids is 1. The zero-order valence-electron chi connectivity index (χ0n) is 15.0. The third-order valence-electron chi connectivity index (χ3n) is 5.28. The van der Waals surface area contributed by atoms with Crippen molar-refractivity contribution in [2.24, 2.45) is 5.92 Å². The fourth-order valence-corrected chi connectivity index (χ4v) is 3.73. The van der Waals surface area contributed by atoms with Gasteiger partial charge in [0.2, 0.25) is 12.7 Å². The predicted octanol–water partition coefficient (Wildman–Crippen LogP) is 1.64. The van der Waals surface area contributed by atoms with Crippen molar-refractivity contribution in [3.8, 4) is 11.5 Å². The molecule has 0 unspecified atom stereocenters. The molecule has 2 aromatic rings. The van der Waals surface area contributed by atoms with Gasteiger partial charge in [0.05, 0.1) is 5.92 Å². The number of carbonyl (C=O) groups is 2. The number of aryl methyl sites for hydroxylation is 2. The molecule has 8 heteroatoms. The maximum absolute atomic E-state index is 12.6. The highest BCUT2D eigenvalue weighted by molar-refractivity contribution is 5.79. The molecule has 0 aliphatic carbocycles. The molecule has 0 radical (unpaired) electrons. The molecule has 0 saturated carbocycles.